The molecule has 0 saturated carbocycles. The van der Waals surface area contributed by atoms with Crippen molar-refractivity contribution in [3.05, 3.63) is 35.6 Å². The van der Waals surface area contributed by atoms with Gasteiger partial charge in [0.25, 0.3) is 0 Å². The van der Waals surface area contributed by atoms with Crippen LogP contribution in [0.25, 0.3) is 0 Å². The van der Waals surface area contributed by atoms with E-state index in [-0.39, 0.29) is 17.8 Å². The second-order valence-corrected chi connectivity index (χ2v) is 3.48. The summed E-state index contributed by atoms with van der Waals surface area (Å²) in [5.74, 6) is -0.299. The van der Waals surface area contributed by atoms with Gasteiger partial charge in [-0.3, -0.25) is 0 Å². The second-order valence-electron chi connectivity index (χ2n) is 3.48. The minimum atomic E-state index is -0.795. The number of ether oxygens (including phenoxy) is 1. The zero-order valence-corrected chi connectivity index (χ0v) is 8.74. The van der Waals surface area contributed by atoms with Gasteiger partial charge < -0.3 is 10.5 Å². The fourth-order valence-corrected chi connectivity index (χ4v) is 1.32. The van der Waals surface area contributed by atoms with Gasteiger partial charge in [-0.15, -0.1) is 0 Å². The molecule has 0 aliphatic heterocycles. The number of rotatable bonds is 3. The van der Waals surface area contributed by atoms with E-state index in [2.05, 4.69) is 0 Å². The molecular weight excluding hydrogens is 197 g/mol. The van der Waals surface area contributed by atoms with Crippen molar-refractivity contribution in [2.75, 3.05) is 0 Å². The van der Waals surface area contributed by atoms with Gasteiger partial charge in [0.1, 0.15) is 11.9 Å². The maximum absolute atomic E-state index is 12.7. The fraction of sp³-hybridized carbons (Fsp3) is 0.364. The van der Waals surface area contributed by atoms with E-state index in [1.807, 2.05) is 6.92 Å². The Morgan fingerprint density at radius 1 is 1.33 bits per heavy atom. The van der Waals surface area contributed by atoms with Crippen LogP contribution in [-0.4, -0.2) is 12.2 Å². The van der Waals surface area contributed by atoms with Gasteiger partial charge in [0, 0.05) is 5.92 Å². The summed E-state index contributed by atoms with van der Waals surface area (Å²) in [7, 11) is 0. The van der Waals surface area contributed by atoms with Crippen molar-refractivity contribution in [1.82, 2.24) is 0 Å². The molecule has 1 rings (SSSR count). The molecule has 0 aliphatic rings. The van der Waals surface area contributed by atoms with Gasteiger partial charge >= 0.3 is 6.09 Å². The molecule has 0 aromatic heterocycles. The van der Waals surface area contributed by atoms with Crippen LogP contribution in [0.4, 0.5) is 9.18 Å². The van der Waals surface area contributed by atoms with Crippen molar-refractivity contribution < 1.29 is 13.9 Å². The Morgan fingerprint density at radius 2 is 1.87 bits per heavy atom. The van der Waals surface area contributed by atoms with Crippen molar-refractivity contribution >= 4 is 6.09 Å². The van der Waals surface area contributed by atoms with Crippen LogP contribution in [0.2, 0.25) is 0 Å². The second kappa shape index (κ2) is 4.77. The van der Waals surface area contributed by atoms with Crippen LogP contribution in [-0.2, 0) is 4.74 Å². The number of halogens is 1. The average molecular weight is 211 g/mol. The lowest BCUT2D eigenvalue weighted by Gasteiger charge is -2.19. The van der Waals surface area contributed by atoms with Crippen molar-refractivity contribution in [3.8, 4) is 0 Å². The van der Waals surface area contributed by atoms with Crippen LogP contribution < -0.4 is 5.73 Å². The SMILES string of the molecule is C[C@H](OC(N)=O)[C@@H](C)c1ccc(F)cc1. The summed E-state index contributed by atoms with van der Waals surface area (Å²) < 4.78 is 17.5. The number of hydrogen-bond donors (Lipinski definition) is 1. The van der Waals surface area contributed by atoms with E-state index >= 15 is 0 Å². The standard InChI is InChI=1S/C11H14FNO2/c1-7(8(2)15-11(13)14)9-3-5-10(12)6-4-9/h3-8H,1-2H3,(H2,13,14)/t7-,8+/m1/s1. The van der Waals surface area contributed by atoms with Gasteiger partial charge in [0.2, 0.25) is 0 Å². The molecule has 0 aliphatic carbocycles. The highest BCUT2D eigenvalue weighted by atomic mass is 19.1. The number of nitrogens with two attached hydrogens (primary N) is 1. The van der Waals surface area contributed by atoms with Crippen LogP contribution in [0.1, 0.15) is 25.3 Å². The quantitative estimate of drug-likeness (QED) is 0.834. The van der Waals surface area contributed by atoms with Crippen LogP contribution in [0.15, 0.2) is 24.3 Å². The van der Waals surface area contributed by atoms with Crippen LogP contribution in [0, 0.1) is 5.82 Å². The minimum absolute atomic E-state index is 0.0156. The van der Waals surface area contributed by atoms with Gasteiger partial charge in [-0.05, 0) is 24.6 Å². The fourth-order valence-electron chi connectivity index (χ4n) is 1.32. The lowest BCUT2D eigenvalue weighted by atomic mass is 9.96. The van der Waals surface area contributed by atoms with E-state index in [9.17, 15) is 9.18 Å². The predicted molar refractivity (Wildman–Crippen MR) is 54.9 cm³/mol. The predicted octanol–water partition coefficient (Wildman–Crippen LogP) is 2.41. The van der Waals surface area contributed by atoms with Crippen molar-refractivity contribution in [2.45, 2.75) is 25.9 Å². The van der Waals surface area contributed by atoms with Crippen LogP contribution >= 0.6 is 0 Å². The highest BCUT2D eigenvalue weighted by Gasteiger charge is 2.17. The number of amides is 1. The van der Waals surface area contributed by atoms with E-state index in [1.165, 1.54) is 12.1 Å². The molecule has 4 heteroatoms. The molecule has 1 aromatic rings. The Kier molecular flexibility index (Phi) is 3.66. The zero-order chi connectivity index (χ0) is 11.4. The lowest BCUT2D eigenvalue weighted by Crippen LogP contribution is -2.24. The third-order valence-electron chi connectivity index (χ3n) is 2.40. The maximum atomic E-state index is 12.7. The molecule has 3 nitrogen and oxygen atoms in total. The highest BCUT2D eigenvalue weighted by Crippen LogP contribution is 2.21. The molecule has 0 unspecified atom stereocenters. The van der Waals surface area contributed by atoms with Gasteiger partial charge in [-0.25, -0.2) is 9.18 Å². The summed E-state index contributed by atoms with van der Waals surface area (Å²) >= 11 is 0. The summed E-state index contributed by atoms with van der Waals surface area (Å²) in [6.07, 6.45) is -1.12. The number of hydrogen-bond acceptors (Lipinski definition) is 2. The first-order valence-electron chi connectivity index (χ1n) is 4.72. The Hall–Kier alpha value is -1.58. The number of primary amides is 1. The van der Waals surface area contributed by atoms with Gasteiger partial charge in [-0.1, -0.05) is 19.1 Å². The van der Waals surface area contributed by atoms with Crippen LogP contribution in [0.3, 0.4) is 0 Å². The molecule has 0 spiro atoms. The smallest absolute Gasteiger partial charge is 0.404 e. The molecule has 2 atom stereocenters. The molecule has 0 radical (unpaired) electrons. The summed E-state index contributed by atoms with van der Waals surface area (Å²) in [5, 5.41) is 0. The summed E-state index contributed by atoms with van der Waals surface area (Å²) in [5.41, 5.74) is 5.82. The van der Waals surface area contributed by atoms with E-state index in [4.69, 9.17) is 10.5 Å². The summed E-state index contributed by atoms with van der Waals surface area (Å²) in [4.78, 5) is 10.5. The zero-order valence-electron chi connectivity index (χ0n) is 8.74. The number of benzene rings is 1. The van der Waals surface area contributed by atoms with E-state index in [0.717, 1.165) is 5.56 Å². The van der Waals surface area contributed by atoms with E-state index in [0.29, 0.717) is 0 Å². The third-order valence-corrected chi connectivity index (χ3v) is 2.40. The van der Waals surface area contributed by atoms with Gasteiger partial charge in [0.05, 0.1) is 0 Å². The first-order valence-corrected chi connectivity index (χ1v) is 4.72. The van der Waals surface area contributed by atoms with Gasteiger partial charge in [-0.2, -0.15) is 0 Å². The Labute approximate surface area is 88.0 Å². The van der Waals surface area contributed by atoms with E-state index in [1.54, 1.807) is 19.1 Å². The van der Waals surface area contributed by atoms with Crippen molar-refractivity contribution in [1.29, 1.82) is 0 Å². The third kappa shape index (κ3) is 3.23. The molecule has 0 heterocycles. The molecule has 15 heavy (non-hydrogen) atoms. The Morgan fingerprint density at radius 3 is 2.33 bits per heavy atom. The molecule has 2 N–H and O–H groups in total. The molecule has 1 amide bonds. The monoisotopic (exact) mass is 211 g/mol. The number of carbonyl (C=O) groups is 1. The molecule has 0 saturated heterocycles. The highest BCUT2D eigenvalue weighted by molar-refractivity contribution is 5.64. The molecular formula is C11H14FNO2. The number of carbonyl (C=O) groups excluding carboxylic acids is 1. The average Bonchev–Trinajstić information content (AvgIpc) is 2.17. The van der Waals surface area contributed by atoms with Gasteiger partial charge in [0.15, 0.2) is 0 Å². The molecule has 0 fully saturated rings. The first-order chi connectivity index (χ1) is 7.00. The topological polar surface area (TPSA) is 52.3 Å². The normalized spacial score (nSPS) is 14.3. The van der Waals surface area contributed by atoms with Crippen molar-refractivity contribution in [2.24, 2.45) is 5.73 Å². The van der Waals surface area contributed by atoms with E-state index < -0.39 is 6.09 Å². The van der Waals surface area contributed by atoms with Crippen molar-refractivity contribution in [3.63, 3.8) is 0 Å². The molecule has 82 valence electrons. The Balaban J connectivity index is 2.71. The summed E-state index contributed by atoms with van der Waals surface area (Å²) in [6.45, 7) is 3.64. The van der Waals surface area contributed by atoms with Crippen LogP contribution in [0.5, 0.6) is 0 Å². The summed E-state index contributed by atoms with van der Waals surface area (Å²) in [6, 6.07) is 6.09. The Bertz CT molecular complexity index is 337. The molecule has 1 aromatic carbocycles. The minimum Gasteiger partial charge on any atom is -0.446 e. The first kappa shape index (κ1) is 11.5. The maximum Gasteiger partial charge on any atom is 0.404 e. The molecule has 0 bridgehead atoms. The largest absolute Gasteiger partial charge is 0.446 e. The lowest BCUT2D eigenvalue weighted by molar-refractivity contribution is 0.103.